The molecule has 1 amide bonds. The maximum absolute atomic E-state index is 13.1. The first kappa shape index (κ1) is 31.3. The third kappa shape index (κ3) is 9.44. The summed E-state index contributed by atoms with van der Waals surface area (Å²) in [6.07, 6.45) is -1.15. The number of aromatic nitrogens is 1. The number of amides is 1. The van der Waals surface area contributed by atoms with Crippen LogP contribution in [0.25, 0.3) is 10.9 Å². The number of carbonyl (C=O) groups excluding carboxylic acids is 1. The van der Waals surface area contributed by atoms with E-state index in [0.29, 0.717) is 38.0 Å². The van der Waals surface area contributed by atoms with Crippen LogP contribution in [0.1, 0.15) is 24.0 Å². The number of nitrogens with zero attached hydrogens (tertiary/aromatic N) is 2. The van der Waals surface area contributed by atoms with Crippen molar-refractivity contribution in [3.8, 4) is 0 Å². The van der Waals surface area contributed by atoms with Gasteiger partial charge in [0.15, 0.2) is 0 Å². The van der Waals surface area contributed by atoms with Crippen LogP contribution in [-0.4, -0.2) is 73.8 Å². The molecule has 3 rings (SSSR count). The first-order chi connectivity index (χ1) is 19.0. The van der Waals surface area contributed by atoms with Crippen molar-refractivity contribution in [1.29, 1.82) is 0 Å². The third-order valence-corrected chi connectivity index (χ3v) is 7.14. The van der Waals surface area contributed by atoms with Gasteiger partial charge in [-0.15, -0.1) is 0 Å². The Balaban J connectivity index is 1.66. The zero-order valence-electron chi connectivity index (χ0n) is 23.0. The standard InChI is InChI=1S/C29H40F3N7O/c1-39(15-12-33,16-13-34)14-4-6-26(35)28(40)38-25(17-21-8-10-23(11-9-21)29(30,31)32)20-36-24-18-22-5-2-3-7-27(22)37-19-24/h2-3,5,7-11,18-19,25-26,36H,4,6,12-17,20,33-35H2,1H3/p+1/t25-,26-/m0/s1. The molecule has 0 unspecified atom stereocenters. The number of quaternary nitrogens is 1. The number of rotatable bonds is 15. The second-order valence-electron chi connectivity index (χ2n) is 10.5. The number of likely N-dealkylation sites (N-methyl/N-ethyl adjacent to an activating group) is 1. The van der Waals surface area contributed by atoms with E-state index < -0.39 is 23.8 Å². The molecular formula is C29H41F3N7O+. The molecular weight excluding hydrogens is 519 g/mol. The molecule has 8 N–H and O–H groups in total. The number of alkyl halides is 3. The first-order valence-electron chi connectivity index (χ1n) is 13.6. The van der Waals surface area contributed by atoms with Gasteiger partial charge >= 0.3 is 6.18 Å². The van der Waals surface area contributed by atoms with Crippen molar-refractivity contribution in [2.75, 3.05) is 51.6 Å². The fourth-order valence-corrected chi connectivity index (χ4v) is 4.79. The Morgan fingerprint density at radius 1 is 1.02 bits per heavy atom. The zero-order chi connectivity index (χ0) is 29.2. The molecule has 0 fully saturated rings. The minimum atomic E-state index is -4.41. The zero-order valence-corrected chi connectivity index (χ0v) is 23.0. The van der Waals surface area contributed by atoms with E-state index in [4.69, 9.17) is 17.2 Å². The highest BCUT2D eigenvalue weighted by atomic mass is 19.4. The smallest absolute Gasteiger partial charge is 0.382 e. The summed E-state index contributed by atoms with van der Waals surface area (Å²) in [6.45, 7) is 3.83. The lowest BCUT2D eigenvalue weighted by Gasteiger charge is -2.34. The Morgan fingerprint density at radius 3 is 2.35 bits per heavy atom. The third-order valence-electron chi connectivity index (χ3n) is 7.14. The topological polar surface area (TPSA) is 132 Å². The van der Waals surface area contributed by atoms with Crippen LogP contribution in [-0.2, 0) is 17.4 Å². The van der Waals surface area contributed by atoms with Crippen molar-refractivity contribution in [1.82, 2.24) is 10.3 Å². The van der Waals surface area contributed by atoms with E-state index in [9.17, 15) is 18.0 Å². The number of carbonyl (C=O) groups is 1. The van der Waals surface area contributed by atoms with Crippen LogP contribution in [0, 0.1) is 0 Å². The summed E-state index contributed by atoms with van der Waals surface area (Å²) in [5, 5.41) is 7.27. The van der Waals surface area contributed by atoms with E-state index >= 15 is 0 Å². The lowest BCUT2D eigenvalue weighted by atomic mass is 10.0. The van der Waals surface area contributed by atoms with Crippen LogP contribution >= 0.6 is 0 Å². The number of anilines is 1. The van der Waals surface area contributed by atoms with E-state index in [1.54, 1.807) is 6.20 Å². The van der Waals surface area contributed by atoms with Gasteiger partial charge in [-0.05, 0) is 49.1 Å². The van der Waals surface area contributed by atoms with E-state index in [0.717, 1.165) is 59.3 Å². The van der Waals surface area contributed by atoms with Crippen LogP contribution < -0.4 is 27.8 Å². The first-order valence-corrected chi connectivity index (χ1v) is 13.6. The Morgan fingerprint density at radius 2 is 1.70 bits per heavy atom. The summed E-state index contributed by atoms with van der Waals surface area (Å²) in [5.74, 6) is -0.304. The largest absolute Gasteiger partial charge is 0.416 e. The normalized spacial score (nSPS) is 13.7. The molecule has 0 aliphatic rings. The van der Waals surface area contributed by atoms with E-state index in [2.05, 4.69) is 22.7 Å². The van der Waals surface area contributed by atoms with E-state index in [1.807, 2.05) is 30.3 Å². The number of fused-ring (bicyclic) bond motifs is 1. The molecule has 8 nitrogen and oxygen atoms in total. The van der Waals surface area contributed by atoms with E-state index in [1.165, 1.54) is 12.1 Å². The predicted molar refractivity (Wildman–Crippen MR) is 153 cm³/mol. The Bertz CT molecular complexity index is 1210. The summed E-state index contributed by atoms with van der Waals surface area (Å²) >= 11 is 0. The molecule has 0 saturated carbocycles. The highest BCUT2D eigenvalue weighted by molar-refractivity contribution is 5.82. The number of halogens is 3. The van der Waals surface area contributed by atoms with E-state index in [-0.39, 0.29) is 5.91 Å². The fraction of sp³-hybridized carbons (Fsp3) is 0.448. The lowest BCUT2D eigenvalue weighted by Crippen LogP contribution is -2.52. The molecule has 0 radical (unpaired) electrons. The van der Waals surface area contributed by atoms with Crippen molar-refractivity contribution in [3.63, 3.8) is 0 Å². The molecule has 218 valence electrons. The quantitative estimate of drug-likeness (QED) is 0.182. The van der Waals surface area contributed by atoms with Gasteiger partial charge in [0.1, 0.15) is 0 Å². The summed E-state index contributed by atoms with van der Waals surface area (Å²) in [7, 11) is 2.10. The summed E-state index contributed by atoms with van der Waals surface area (Å²) in [6, 6.07) is 13.5. The summed E-state index contributed by atoms with van der Waals surface area (Å²) in [5.41, 5.74) is 19.4. The van der Waals surface area contributed by atoms with Crippen molar-refractivity contribution in [2.45, 2.75) is 37.5 Å². The van der Waals surface area contributed by atoms with Crippen molar-refractivity contribution in [2.24, 2.45) is 17.2 Å². The molecule has 0 aliphatic heterocycles. The van der Waals surface area contributed by atoms with Gasteiger partial charge in [-0.2, -0.15) is 13.2 Å². The molecule has 1 heterocycles. The fourth-order valence-electron chi connectivity index (χ4n) is 4.79. The molecule has 40 heavy (non-hydrogen) atoms. The van der Waals surface area contributed by atoms with Gasteiger partial charge < -0.3 is 32.3 Å². The maximum Gasteiger partial charge on any atom is 0.416 e. The minimum absolute atomic E-state index is 0.304. The molecule has 0 bridgehead atoms. The number of nitrogens with one attached hydrogen (secondary N) is 2. The molecule has 0 saturated heterocycles. The molecule has 1 aromatic heterocycles. The van der Waals surface area contributed by atoms with Crippen LogP contribution in [0.4, 0.5) is 18.9 Å². The Hall–Kier alpha value is -3.25. The molecule has 3 aromatic rings. The van der Waals surface area contributed by atoms with Crippen molar-refractivity contribution >= 4 is 22.5 Å². The van der Waals surface area contributed by atoms with Crippen molar-refractivity contribution in [3.05, 3.63) is 71.9 Å². The highest BCUT2D eigenvalue weighted by Gasteiger charge is 2.30. The molecule has 2 atom stereocenters. The lowest BCUT2D eigenvalue weighted by molar-refractivity contribution is -0.907. The number of pyridine rings is 1. The van der Waals surface area contributed by atoms with Crippen LogP contribution in [0.3, 0.4) is 0 Å². The number of para-hydroxylation sites is 1. The number of hydrogen-bond donors (Lipinski definition) is 5. The maximum atomic E-state index is 13.1. The van der Waals surface area contributed by atoms with Gasteiger partial charge in [0.25, 0.3) is 0 Å². The monoisotopic (exact) mass is 560 g/mol. The SMILES string of the molecule is C[N+](CCN)(CCN)CCC[C@H](N)C(=O)N[C@H](CNc1cnc2ccccc2c1)Cc1ccc(C(F)(F)F)cc1. The van der Waals surface area contributed by atoms with Crippen LogP contribution in [0.2, 0.25) is 0 Å². The molecule has 2 aromatic carbocycles. The second kappa shape index (κ2) is 14.4. The summed E-state index contributed by atoms with van der Waals surface area (Å²) < 4.78 is 39.8. The Labute approximate surface area is 233 Å². The van der Waals surface area contributed by atoms with Crippen LogP contribution in [0.5, 0.6) is 0 Å². The van der Waals surface area contributed by atoms with Gasteiger partial charge in [0.05, 0.1) is 61.7 Å². The minimum Gasteiger partial charge on any atom is -0.382 e. The number of benzene rings is 2. The molecule has 0 spiro atoms. The van der Waals surface area contributed by atoms with Gasteiger partial charge in [-0.3, -0.25) is 9.78 Å². The molecule has 11 heteroatoms. The van der Waals surface area contributed by atoms with Crippen molar-refractivity contribution < 1.29 is 22.4 Å². The molecule has 0 aliphatic carbocycles. The average molecular weight is 561 g/mol. The Kier molecular flexibility index (Phi) is 11.3. The van der Waals surface area contributed by atoms with Gasteiger partial charge in [-0.1, -0.05) is 30.3 Å². The average Bonchev–Trinajstić information content (AvgIpc) is 2.91. The highest BCUT2D eigenvalue weighted by Crippen LogP contribution is 2.29. The summed E-state index contributed by atoms with van der Waals surface area (Å²) in [4.78, 5) is 17.5. The predicted octanol–water partition coefficient (Wildman–Crippen LogP) is 2.86. The second-order valence-corrected chi connectivity index (χ2v) is 10.5. The van der Waals surface area contributed by atoms with Crippen LogP contribution in [0.15, 0.2) is 60.8 Å². The number of hydrogen-bond acceptors (Lipinski definition) is 6. The van der Waals surface area contributed by atoms with Gasteiger partial charge in [0.2, 0.25) is 5.91 Å². The van der Waals surface area contributed by atoms with Gasteiger partial charge in [0, 0.05) is 25.0 Å². The van der Waals surface area contributed by atoms with Gasteiger partial charge in [-0.25, -0.2) is 0 Å². The number of nitrogens with two attached hydrogens (primary N) is 3.